The van der Waals surface area contributed by atoms with E-state index in [1.165, 1.54) is 29.5 Å². The van der Waals surface area contributed by atoms with Gasteiger partial charge in [0.1, 0.15) is 0 Å². The summed E-state index contributed by atoms with van der Waals surface area (Å²) in [6.07, 6.45) is 2.38. The van der Waals surface area contributed by atoms with Crippen LogP contribution >= 0.6 is 11.3 Å². The molecule has 3 aliphatic rings. The van der Waals surface area contributed by atoms with Crippen molar-refractivity contribution in [2.24, 2.45) is 11.8 Å². The van der Waals surface area contributed by atoms with E-state index < -0.39 is 18.8 Å². The van der Waals surface area contributed by atoms with E-state index in [4.69, 9.17) is 4.74 Å². The standard InChI is InChI=1S/C26H30F4N2O4S/c1-25(27,28)15-34-24-31-19-14-32(12-10-22(19)37-24)11-9-16-5-7-17(8-6-16)13-20(33)18-3-2-4-21-23(18)36-26(29,30)35-21/h2-4,16-17H,5-15H2,1H3. The lowest BCUT2D eigenvalue weighted by Crippen LogP contribution is -2.32. The molecule has 1 aromatic heterocycles. The molecule has 2 aliphatic heterocycles. The lowest BCUT2D eigenvalue weighted by Gasteiger charge is -2.31. The van der Waals surface area contributed by atoms with Gasteiger partial charge in [0, 0.05) is 31.3 Å². The molecule has 11 heteroatoms. The third kappa shape index (κ3) is 6.54. The molecule has 0 spiro atoms. The summed E-state index contributed by atoms with van der Waals surface area (Å²) < 4.78 is 67.2. The van der Waals surface area contributed by atoms with E-state index in [2.05, 4.69) is 19.4 Å². The first-order valence-corrected chi connectivity index (χ1v) is 13.5. The van der Waals surface area contributed by atoms with Crippen LogP contribution < -0.4 is 14.2 Å². The van der Waals surface area contributed by atoms with Gasteiger partial charge in [-0.05, 0) is 56.2 Å². The summed E-state index contributed by atoms with van der Waals surface area (Å²) in [6.45, 7) is 2.72. The molecular weight excluding hydrogens is 512 g/mol. The van der Waals surface area contributed by atoms with Gasteiger partial charge in [0.15, 0.2) is 23.9 Å². The fourth-order valence-corrected chi connectivity index (χ4v) is 6.23. The number of rotatable bonds is 9. The number of ether oxygens (including phenoxy) is 3. The minimum Gasteiger partial charge on any atom is -0.464 e. The first kappa shape index (κ1) is 26.2. The van der Waals surface area contributed by atoms with Gasteiger partial charge >= 0.3 is 6.29 Å². The summed E-state index contributed by atoms with van der Waals surface area (Å²) in [4.78, 5) is 20.7. The van der Waals surface area contributed by atoms with Gasteiger partial charge < -0.3 is 14.2 Å². The maximum Gasteiger partial charge on any atom is 0.586 e. The van der Waals surface area contributed by atoms with Crippen molar-refractivity contribution in [2.45, 2.75) is 70.6 Å². The second kappa shape index (κ2) is 10.4. The van der Waals surface area contributed by atoms with Gasteiger partial charge in [-0.1, -0.05) is 30.2 Å². The summed E-state index contributed by atoms with van der Waals surface area (Å²) >= 11 is 1.36. The summed E-state index contributed by atoms with van der Waals surface area (Å²) in [5, 5.41) is 0.314. The Hall–Kier alpha value is -2.40. The number of ketones is 1. The number of fused-ring (bicyclic) bond motifs is 2. The smallest absolute Gasteiger partial charge is 0.464 e. The molecule has 1 aliphatic carbocycles. The van der Waals surface area contributed by atoms with E-state index in [9.17, 15) is 22.4 Å². The molecule has 0 amide bonds. The Labute approximate surface area is 216 Å². The molecular formula is C26H30F4N2O4S. The SMILES string of the molecule is CC(F)(F)COc1nc2c(s1)CCN(CCC1CCC(CC(=O)c3cccc4c3OC(F)(F)O4)CC1)C2. The van der Waals surface area contributed by atoms with Crippen molar-refractivity contribution in [3.63, 3.8) is 0 Å². The monoisotopic (exact) mass is 542 g/mol. The predicted octanol–water partition coefficient (Wildman–Crippen LogP) is 6.33. The van der Waals surface area contributed by atoms with Crippen LogP contribution in [0.25, 0.3) is 0 Å². The van der Waals surface area contributed by atoms with Crippen molar-refractivity contribution >= 4 is 17.1 Å². The Morgan fingerprint density at radius 1 is 1.22 bits per heavy atom. The summed E-state index contributed by atoms with van der Waals surface area (Å²) in [5.74, 6) is -2.55. The molecule has 202 valence electrons. The number of hydrogen-bond acceptors (Lipinski definition) is 7. The molecule has 1 fully saturated rings. The number of nitrogens with zero attached hydrogens (tertiary/aromatic N) is 2. The topological polar surface area (TPSA) is 60.9 Å². The molecule has 0 atom stereocenters. The third-order valence-electron chi connectivity index (χ3n) is 7.26. The number of benzene rings is 1. The molecule has 6 nitrogen and oxygen atoms in total. The molecule has 3 heterocycles. The second-order valence-corrected chi connectivity index (χ2v) is 11.4. The van der Waals surface area contributed by atoms with E-state index in [0.717, 1.165) is 69.1 Å². The molecule has 0 bridgehead atoms. The van der Waals surface area contributed by atoms with Gasteiger partial charge in [-0.25, -0.2) is 13.8 Å². The first-order chi connectivity index (χ1) is 17.5. The number of Topliss-reactive ketones (excluding diaryl/α,β-unsaturated/α-hetero) is 1. The van der Waals surface area contributed by atoms with E-state index in [1.807, 2.05) is 0 Å². The number of carbonyl (C=O) groups excluding carboxylic acids is 1. The Morgan fingerprint density at radius 3 is 2.73 bits per heavy atom. The molecule has 0 unspecified atom stereocenters. The van der Waals surface area contributed by atoms with Crippen LogP contribution in [0, 0.1) is 11.8 Å². The van der Waals surface area contributed by atoms with Gasteiger partial charge in [-0.3, -0.25) is 9.69 Å². The number of halogens is 4. The molecule has 5 rings (SSSR count). The summed E-state index contributed by atoms with van der Waals surface area (Å²) in [5.41, 5.74) is 1.08. The highest BCUT2D eigenvalue weighted by atomic mass is 32.1. The molecule has 0 radical (unpaired) electrons. The van der Waals surface area contributed by atoms with Crippen LogP contribution in [0.3, 0.4) is 0 Å². The number of hydrogen-bond donors (Lipinski definition) is 0. The van der Waals surface area contributed by atoms with Crippen molar-refractivity contribution in [1.29, 1.82) is 0 Å². The quantitative estimate of drug-likeness (QED) is 0.273. The Balaban J connectivity index is 1.05. The number of carbonyl (C=O) groups is 1. The highest BCUT2D eigenvalue weighted by molar-refractivity contribution is 7.13. The van der Waals surface area contributed by atoms with Gasteiger partial charge in [0.05, 0.1) is 11.3 Å². The number of para-hydroxylation sites is 1. The average molecular weight is 543 g/mol. The lowest BCUT2D eigenvalue weighted by atomic mass is 9.78. The first-order valence-electron chi connectivity index (χ1n) is 12.7. The summed E-state index contributed by atoms with van der Waals surface area (Å²) in [7, 11) is 0. The van der Waals surface area contributed by atoms with E-state index in [0.29, 0.717) is 24.1 Å². The highest BCUT2D eigenvalue weighted by Crippen LogP contribution is 2.44. The fourth-order valence-electron chi connectivity index (χ4n) is 5.32. The normalized spacial score (nSPS) is 23.1. The van der Waals surface area contributed by atoms with Crippen LogP contribution in [0.1, 0.15) is 66.4 Å². The Morgan fingerprint density at radius 2 is 1.97 bits per heavy atom. The van der Waals surface area contributed by atoms with Gasteiger partial charge in [-0.15, -0.1) is 8.78 Å². The molecule has 1 saturated carbocycles. The average Bonchev–Trinajstić information content (AvgIpc) is 3.39. The molecule has 1 aromatic carbocycles. The van der Waals surface area contributed by atoms with Crippen LogP contribution in [0.5, 0.6) is 16.7 Å². The van der Waals surface area contributed by atoms with Crippen LogP contribution in [-0.4, -0.2) is 47.6 Å². The molecule has 37 heavy (non-hydrogen) atoms. The molecule has 2 aromatic rings. The molecule has 0 saturated heterocycles. The van der Waals surface area contributed by atoms with Crippen LogP contribution in [0.4, 0.5) is 17.6 Å². The molecule has 0 N–H and O–H groups in total. The van der Waals surface area contributed by atoms with Gasteiger partial charge in [0.25, 0.3) is 11.1 Å². The maximum atomic E-state index is 13.4. The van der Waals surface area contributed by atoms with Crippen molar-refractivity contribution < 1.29 is 36.6 Å². The van der Waals surface area contributed by atoms with Crippen molar-refractivity contribution in [1.82, 2.24) is 9.88 Å². The Bertz CT molecular complexity index is 1130. The number of thiazole rings is 1. The fraction of sp³-hybridized carbons (Fsp3) is 0.615. The van der Waals surface area contributed by atoms with E-state index in [-0.39, 0.29) is 28.8 Å². The van der Waals surface area contributed by atoms with Crippen molar-refractivity contribution in [3.05, 3.63) is 34.3 Å². The Kier molecular flexibility index (Phi) is 7.37. The van der Waals surface area contributed by atoms with Crippen LogP contribution in [0.2, 0.25) is 0 Å². The van der Waals surface area contributed by atoms with Crippen molar-refractivity contribution in [3.8, 4) is 16.7 Å². The zero-order valence-corrected chi connectivity index (χ0v) is 21.4. The van der Waals surface area contributed by atoms with Gasteiger partial charge in [-0.2, -0.15) is 0 Å². The highest BCUT2D eigenvalue weighted by Gasteiger charge is 2.45. The summed E-state index contributed by atoms with van der Waals surface area (Å²) in [6, 6.07) is 4.41. The van der Waals surface area contributed by atoms with Crippen LogP contribution in [0.15, 0.2) is 18.2 Å². The predicted molar refractivity (Wildman–Crippen MR) is 129 cm³/mol. The minimum atomic E-state index is -3.74. The van der Waals surface area contributed by atoms with E-state index in [1.54, 1.807) is 0 Å². The largest absolute Gasteiger partial charge is 0.586 e. The van der Waals surface area contributed by atoms with E-state index >= 15 is 0 Å². The number of aromatic nitrogens is 1. The second-order valence-electron chi connectivity index (χ2n) is 10.3. The van der Waals surface area contributed by atoms with Crippen molar-refractivity contribution in [2.75, 3.05) is 19.7 Å². The van der Waals surface area contributed by atoms with Crippen LogP contribution in [-0.2, 0) is 13.0 Å². The minimum absolute atomic E-state index is 0.103. The zero-order chi connectivity index (χ0) is 26.2. The zero-order valence-electron chi connectivity index (χ0n) is 20.6. The lowest BCUT2D eigenvalue weighted by molar-refractivity contribution is -0.286. The number of alkyl halides is 4. The third-order valence-corrected chi connectivity index (χ3v) is 8.33. The maximum absolute atomic E-state index is 13.4. The van der Waals surface area contributed by atoms with Gasteiger partial charge in [0.2, 0.25) is 0 Å².